The Morgan fingerprint density at radius 1 is 0.952 bits per heavy atom. The van der Waals surface area contributed by atoms with Crippen molar-refractivity contribution in [1.29, 1.82) is 0 Å². The molecule has 0 saturated heterocycles. The van der Waals surface area contributed by atoms with Crippen molar-refractivity contribution < 1.29 is 18.0 Å². The molecule has 2 atom stereocenters. The van der Waals surface area contributed by atoms with Gasteiger partial charge in [-0.15, -0.1) is 0 Å². The number of nitrogens with one attached hydrogen (secondary N) is 1. The van der Waals surface area contributed by atoms with Crippen molar-refractivity contribution in [1.82, 2.24) is 10.2 Å². The molecule has 0 radical (unpaired) electrons. The van der Waals surface area contributed by atoms with Gasteiger partial charge in [-0.1, -0.05) is 43.3 Å². The van der Waals surface area contributed by atoms with Gasteiger partial charge in [0.1, 0.15) is 12.6 Å². The molecule has 2 aromatic rings. The molecular formula is C34H47N3O4S. The molecule has 4 aliphatic carbocycles. The minimum atomic E-state index is -3.77. The van der Waals surface area contributed by atoms with E-state index in [-0.39, 0.29) is 30.5 Å². The highest BCUT2D eigenvalue weighted by Crippen LogP contribution is 2.60. The lowest BCUT2D eigenvalue weighted by molar-refractivity contribution is -0.139. The maximum absolute atomic E-state index is 13.9. The second-order valence-electron chi connectivity index (χ2n) is 13.5. The molecule has 1 N–H and O–H groups in total. The van der Waals surface area contributed by atoms with Gasteiger partial charge in [0.15, 0.2) is 0 Å². The lowest BCUT2D eigenvalue weighted by Crippen LogP contribution is -2.52. The van der Waals surface area contributed by atoms with Crippen molar-refractivity contribution in [2.24, 2.45) is 17.8 Å². The van der Waals surface area contributed by atoms with E-state index in [1.165, 1.54) is 53.3 Å². The standard InChI is InChI=1S/C34H47N3O4S/c1-6-24(3)35-33(39)25(4)36(21-29-10-8-7-9-23(29)2)32(38)22-37(42(5,40)41)31-13-11-30(12-14-31)34-18-26-15-27(19-34)17-28(16-26)20-34/h7-14,24-28H,6,15-22H2,1-5H3,(H,35,39)/t24-,25+,26?,27?,28?,34?/m0/s1. The summed E-state index contributed by atoms with van der Waals surface area (Å²) in [5, 5.41) is 2.98. The highest BCUT2D eigenvalue weighted by Gasteiger charge is 2.51. The Labute approximate surface area is 252 Å². The molecule has 0 spiro atoms. The smallest absolute Gasteiger partial charge is 0.244 e. The topological polar surface area (TPSA) is 86.8 Å². The predicted octanol–water partition coefficient (Wildman–Crippen LogP) is 5.56. The summed E-state index contributed by atoms with van der Waals surface area (Å²) in [6.07, 6.45) is 9.71. The Hall–Kier alpha value is -2.87. The van der Waals surface area contributed by atoms with E-state index >= 15 is 0 Å². The molecular weight excluding hydrogens is 546 g/mol. The maximum Gasteiger partial charge on any atom is 0.244 e. The molecule has 4 saturated carbocycles. The normalized spacial score (nSPS) is 26.0. The van der Waals surface area contributed by atoms with Crippen molar-refractivity contribution in [2.75, 3.05) is 17.1 Å². The maximum atomic E-state index is 13.9. The van der Waals surface area contributed by atoms with Crippen LogP contribution in [0.15, 0.2) is 48.5 Å². The molecule has 6 rings (SSSR count). The first kappa shape index (κ1) is 30.6. The van der Waals surface area contributed by atoms with E-state index < -0.39 is 22.0 Å². The Balaban J connectivity index is 1.39. The molecule has 0 aromatic heterocycles. The van der Waals surface area contributed by atoms with Crippen LogP contribution >= 0.6 is 0 Å². The summed E-state index contributed by atoms with van der Waals surface area (Å²) in [5.41, 5.74) is 3.92. The van der Waals surface area contributed by atoms with Gasteiger partial charge >= 0.3 is 0 Å². The van der Waals surface area contributed by atoms with Crippen molar-refractivity contribution in [3.8, 4) is 0 Å². The van der Waals surface area contributed by atoms with Crippen LogP contribution in [0.3, 0.4) is 0 Å². The van der Waals surface area contributed by atoms with Crippen LogP contribution in [0.2, 0.25) is 0 Å². The van der Waals surface area contributed by atoms with E-state index in [0.29, 0.717) is 5.69 Å². The molecule has 4 aliphatic rings. The zero-order chi connectivity index (χ0) is 30.2. The molecule has 228 valence electrons. The summed E-state index contributed by atoms with van der Waals surface area (Å²) in [7, 11) is -3.77. The Morgan fingerprint density at radius 2 is 1.52 bits per heavy atom. The number of carbonyl (C=O) groups is 2. The molecule has 0 unspecified atom stereocenters. The molecule has 2 aromatic carbocycles. The molecule has 7 nitrogen and oxygen atoms in total. The van der Waals surface area contributed by atoms with Crippen molar-refractivity contribution >= 4 is 27.5 Å². The van der Waals surface area contributed by atoms with Gasteiger partial charge in [0.05, 0.1) is 11.9 Å². The number of hydrogen-bond acceptors (Lipinski definition) is 4. The van der Waals surface area contributed by atoms with Gasteiger partial charge in [0.25, 0.3) is 0 Å². The number of sulfonamides is 1. The minimum absolute atomic E-state index is 0.0321. The zero-order valence-corrected chi connectivity index (χ0v) is 26.6. The number of aryl methyl sites for hydroxylation is 1. The van der Waals surface area contributed by atoms with Crippen LogP contribution in [0, 0.1) is 24.7 Å². The number of nitrogens with zero attached hydrogens (tertiary/aromatic N) is 2. The molecule has 0 aliphatic heterocycles. The van der Waals surface area contributed by atoms with Gasteiger partial charge in [-0.05, 0) is 118 Å². The lowest BCUT2D eigenvalue weighted by atomic mass is 9.48. The number of benzene rings is 2. The summed E-state index contributed by atoms with van der Waals surface area (Å²) >= 11 is 0. The van der Waals surface area contributed by atoms with Gasteiger partial charge in [-0.2, -0.15) is 0 Å². The summed E-state index contributed by atoms with van der Waals surface area (Å²) < 4.78 is 27.3. The zero-order valence-electron chi connectivity index (χ0n) is 25.8. The second-order valence-corrected chi connectivity index (χ2v) is 15.4. The van der Waals surface area contributed by atoms with Crippen LogP contribution in [-0.2, 0) is 31.6 Å². The fraction of sp³-hybridized carbons (Fsp3) is 0.588. The van der Waals surface area contributed by atoms with Gasteiger partial charge in [0, 0.05) is 12.6 Å². The van der Waals surface area contributed by atoms with Gasteiger partial charge in [0.2, 0.25) is 21.8 Å². The van der Waals surface area contributed by atoms with E-state index in [0.717, 1.165) is 41.6 Å². The van der Waals surface area contributed by atoms with Crippen LogP contribution in [0.4, 0.5) is 5.69 Å². The Kier molecular flexibility index (Phi) is 8.75. The molecule has 42 heavy (non-hydrogen) atoms. The highest BCUT2D eigenvalue weighted by molar-refractivity contribution is 7.92. The third-order valence-corrected chi connectivity index (χ3v) is 11.4. The van der Waals surface area contributed by atoms with Gasteiger partial charge in [-0.25, -0.2) is 8.42 Å². The molecule has 4 bridgehead atoms. The summed E-state index contributed by atoms with van der Waals surface area (Å²) in [6, 6.07) is 14.9. The summed E-state index contributed by atoms with van der Waals surface area (Å²) in [5.74, 6) is 1.79. The van der Waals surface area contributed by atoms with Crippen molar-refractivity contribution in [2.45, 2.75) is 96.7 Å². The number of anilines is 1. The van der Waals surface area contributed by atoms with Crippen LogP contribution < -0.4 is 9.62 Å². The van der Waals surface area contributed by atoms with Gasteiger partial charge in [-0.3, -0.25) is 13.9 Å². The van der Waals surface area contributed by atoms with Crippen LogP contribution in [0.1, 0.15) is 82.4 Å². The fourth-order valence-electron chi connectivity index (χ4n) is 8.08. The number of amides is 2. The van der Waals surface area contributed by atoms with Crippen LogP contribution in [0.25, 0.3) is 0 Å². The molecule has 8 heteroatoms. The van der Waals surface area contributed by atoms with Crippen LogP contribution in [-0.4, -0.2) is 50.0 Å². The second kappa shape index (κ2) is 12.0. The van der Waals surface area contributed by atoms with Crippen molar-refractivity contribution in [3.05, 3.63) is 65.2 Å². The monoisotopic (exact) mass is 593 g/mol. The molecule has 4 fully saturated rings. The average Bonchev–Trinajstić information content (AvgIpc) is 2.93. The predicted molar refractivity (Wildman–Crippen MR) is 168 cm³/mol. The Morgan fingerprint density at radius 3 is 2.05 bits per heavy atom. The lowest BCUT2D eigenvalue weighted by Gasteiger charge is -2.57. The SMILES string of the molecule is CC[C@H](C)NC(=O)[C@@H](C)N(Cc1ccccc1C)C(=O)CN(c1ccc(C23CC4CC(CC(C4)C2)C3)cc1)S(C)(=O)=O. The van der Waals surface area contributed by atoms with E-state index in [4.69, 9.17) is 0 Å². The third kappa shape index (κ3) is 6.38. The number of rotatable bonds is 11. The first-order valence-electron chi connectivity index (χ1n) is 15.6. The largest absolute Gasteiger partial charge is 0.352 e. The van der Waals surface area contributed by atoms with E-state index in [9.17, 15) is 18.0 Å². The van der Waals surface area contributed by atoms with E-state index in [1.54, 1.807) is 6.92 Å². The first-order valence-corrected chi connectivity index (χ1v) is 17.5. The first-order chi connectivity index (χ1) is 19.9. The van der Waals surface area contributed by atoms with E-state index in [1.807, 2.05) is 57.2 Å². The highest BCUT2D eigenvalue weighted by atomic mass is 32.2. The van der Waals surface area contributed by atoms with Crippen molar-refractivity contribution in [3.63, 3.8) is 0 Å². The summed E-state index contributed by atoms with van der Waals surface area (Å²) in [6.45, 7) is 7.43. The third-order valence-electron chi connectivity index (χ3n) is 10.3. The molecule has 0 heterocycles. The quantitative estimate of drug-likeness (QED) is 0.370. The molecule has 2 amide bonds. The average molecular weight is 594 g/mol. The van der Waals surface area contributed by atoms with Gasteiger partial charge < -0.3 is 10.2 Å². The number of carbonyl (C=O) groups excluding carboxylic acids is 2. The summed E-state index contributed by atoms with van der Waals surface area (Å²) in [4.78, 5) is 28.6. The minimum Gasteiger partial charge on any atom is -0.352 e. The Bertz CT molecular complexity index is 1370. The van der Waals surface area contributed by atoms with E-state index in [2.05, 4.69) is 17.4 Å². The number of hydrogen-bond donors (Lipinski definition) is 1. The van der Waals surface area contributed by atoms with Crippen LogP contribution in [0.5, 0.6) is 0 Å². The fourth-order valence-corrected chi connectivity index (χ4v) is 8.93.